The summed E-state index contributed by atoms with van der Waals surface area (Å²) >= 11 is 6.16. The Hall–Kier alpha value is -1.03. The summed E-state index contributed by atoms with van der Waals surface area (Å²) in [6.07, 6.45) is 8.00. The van der Waals surface area contributed by atoms with Crippen molar-refractivity contribution in [3.05, 3.63) is 11.2 Å². The van der Waals surface area contributed by atoms with Gasteiger partial charge in [0, 0.05) is 13.1 Å². The Morgan fingerprint density at radius 1 is 1.25 bits per heavy atom. The van der Waals surface area contributed by atoms with Crippen molar-refractivity contribution >= 4 is 23.4 Å². The Labute approximate surface area is 126 Å². The van der Waals surface area contributed by atoms with E-state index in [1.165, 1.54) is 25.7 Å². The lowest BCUT2D eigenvalue weighted by Gasteiger charge is -2.26. The zero-order valence-electron chi connectivity index (χ0n) is 12.5. The fourth-order valence-corrected chi connectivity index (χ4v) is 2.75. The van der Waals surface area contributed by atoms with Gasteiger partial charge in [-0.05, 0) is 31.1 Å². The zero-order chi connectivity index (χ0) is 14.4. The Bertz CT molecular complexity index is 416. The first kappa shape index (κ1) is 15.4. The summed E-state index contributed by atoms with van der Waals surface area (Å²) in [6.45, 7) is 6.29. The van der Waals surface area contributed by atoms with E-state index in [1.807, 2.05) is 0 Å². The van der Waals surface area contributed by atoms with Crippen LogP contribution in [0, 0.1) is 11.8 Å². The van der Waals surface area contributed by atoms with Crippen LogP contribution in [0.2, 0.25) is 5.02 Å². The molecule has 1 aromatic heterocycles. The lowest BCUT2D eigenvalue weighted by atomic mass is 9.83. The second-order valence-corrected chi connectivity index (χ2v) is 6.23. The summed E-state index contributed by atoms with van der Waals surface area (Å²) in [5.41, 5.74) is 0. The summed E-state index contributed by atoms with van der Waals surface area (Å²) in [7, 11) is 0. The number of nitrogens with one attached hydrogen (secondary N) is 2. The normalized spacial score (nSPS) is 22.6. The predicted octanol–water partition coefficient (Wildman–Crippen LogP) is 4.19. The van der Waals surface area contributed by atoms with Gasteiger partial charge < -0.3 is 10.6 Å². The van der Waals surface area contributed by atoms with Crippen LogP contribution in [-0.2, 0) is 0 Å². The number of halogens is 1. The second kappa shape index (κ2) is 7.67. The summed E-state index contributed by atoms with van der Waals surface area (Å²) in [5, 5.41) is 7.17. The van der Waals surface area contributed by atoms with E-state index >= 15 is 0 Å². The molecule has 1 heterocycles. The average Bonchev–Trinajstić information content (AvgIpc) is 2.46. The molecule has 112 valence electrons. The third kappa shape index (κ3) is 4.51. The van der Waals surface area contributed by atoms with Crippen molar-refractivity contribution in [3.63, 3.8) is 0 Å². The summed E-state index contributed by atoms with van der Waals surface area (Å²) < 4.78 is 0. The van der Waals surface area contributed by atoms with E-state index in [1.54, 1.807) is 6.20 Å². The molecule has 5 heteroatoms. The van der Waals surface area contributed by atoms with Crippen LogP contribution in [0.3, 0.4) is 0 Å². The molecule has 20 heavy (non-hydrogen) atoms. The van der Waals surface area contributed by atoms with Gasteiger partial charge in [0.15, 0.2) is 0 Å². The van der Waals surface area contributed by atoms with Crippen LogP contribution in [0.5, 0.6) is 0 Å². The van der Waals surface area contributed by atoms with E-state index in [-0.39, 0.29) is 0 Å². The molecule has 1 saturated carbocycles. The van der Waals surface area contributed by atoms with E-state index in [9.17, 15) is 0 Å². The van der Waals surface area contributed by atoms with Crippen LogP contribution in [0.25, 0.3) is 0 Å². The Balaban J connectivity index is 1.87. The number of hydrogen-bond acceptors (Lipinski definition) is 4. The molecule has 0 spiro atoms. The van der Waals surface area contributed by atoms with Gasteiger partial charge in [-0.2, -0.15) is 4.98 Å². The molecule has 0 amide bonds. The highest BCUT2D eigenvalue weighted by molar-refractivity contribution is 6.32. The van der Waals surface area contributed by atoms with Crippen LogP contribution in [0.1, 0.15) is 46.0 Å². The maximum Gasteiger partial charge on any atom is 0.224 e. The van der Waals surface area contributed by atoms with Crippen molar-refractivity contribution < 1.29 is 0 Å². The largest absolute Gasteiger partial charge is 0.368 e. The molecule has 4 nitrogen and oxygen atoms in total. The fraction of sp³-hybridized carbons (Fsp3) is 0.733. The van der Waals surface area contributed by atoms with Crippen molar-refractivity contribution in [1.82, 2.24) is 9.97 Å². The molecule has 0 aromatic carbocycles. The van der Waals surface area contributed by atoms with Crippen LogP contribution >= 0.6 is 11.6 Å². The molecule has 1 aliphatic carbocycles. The summed E-state index contributed by atoms with van der Waals surface area (Å²) in [5.74, 6) is 3.03. The van der Waals surface area contributed by atoms with Gasteiger partial charge in [-0.3, -0.25) is 0 Å². The van der Waals surface area contributed by atoms with Crippen molar-refractivity contribution in [2.75, 3.05) is 23.7 Å². The van der Waals surface area contributed by atoms with Gasteiger partial charge in [0.25, 0.3) is 0 Å². The van der Waals surface area contributed by atoms with Crippen LogP contribution < -0.4 is 10.6 Å². The molecular formula is C15H25ClN4. The van der Waals surface area contributed by atoms with Crippen molar-refractivity contribution in [2.45, 2.75) is 46.0 Å². The van der Waals surface area contributed by atoms with Crippen LogP contribution in [0.4, 0.5) is 11.8 Å². The third-order valence-corrected chi connectivity index (χ3v) is 4.25. The quantitative estimate of drug-likeness (QED) is 0.826. The number of rotatable bonds is 6. The van der Waals surface area contributed by atoms with Crippen LogP contribution in [0.15, 0.2) is 6.20 Å². The van der Waals surface area contributed by atoms with Gasteiger partial charge in [-0.1, -0.05) is 38.3 Å². The van der Waals surface area contributed by atoms with Crippen molar-refractivity contribution in [3.8, 4) is 0 Å². The first-order valence-electron chi connectivity index (χ1n) is 7.69. The molecule has 0 saturated heterocycles. The fourth-order valence-electron chi connectivity index (χ4n) is 2.59. The number of nitrogens with zero attached hydrogens (tertiary/aromatic N) is 2. The first-order valence-corrected chi connectivity index (χ1v) is 8.07. The molecule has 0 unspecified atom stereocenters. The van der Waals surface area contributed by atoms with Gasteiger partial charge in [0.2, 0.25) is 5.95 Å². The maximum atomic E-state index is 6.16. The average molecular weight is 297 g/mol. The monoisotopic (exact) mass is 296 g/mol. The summed E-state index contributed by atoms with van der Waals surface area (Å²) in [4.78, 5) is 8.63. The van der Waals surface area contributed by atoms with E-state index in [4.69, 9.17) is 11.6 Å². The van der Waals surface area contributed by atoms with Crippen molar-refractivity contribution in [1.29, 1.82) is 0 Å². The SMILES string of the molecule is CCCNc1ncc(Cl)c(NCC2CCC(C)CC2)n1. The molecule has 2 N–H and O–H groups in total. The molecule has 0 radical (unpaired) electrons. The summed E-state index contributed by atoms with van der Waals surface area (Å²) in [6, 6.07) is 0. The van der Waals surface area contributed by atoms with Gasteiger partial charge >= 0.3 is 0 Å². The second-order valence-electron chi connectivity index (χ2n) is 5.82. The lowest BCUT2D eigenvalue weighted by Crippen LogP contribution is -2.21. The molecule has 0 atom stereocenters. The van der Waals surface area contributed by atoms with E-state index in [0.29, 0.717) is 11.0 Å². The Morgan fingerprint density at radius 3 is 2.70 bits per heavy atom. The molecule has 1 aliphatic rings. The first-order chi connectivity index (χ1) is 9.69. The minimum Gasteiger partial charge on any atom is -0.368 e. The van der Waals surface area contributed by atoms with E-state index in [2.05, 4.69) is 34.4 Å². The molecule has 1 fully saturated rings. The number of aromatic nitrogens is 2. The highest BCUT2D eigenvalue weighted by Crippen LogP contribution is 2.29. The highest BCUT2D eigenvalue weighted by Gasteiger charge is 2.18. The molecular weight excluding hydrogens is 272 g/mol. The van der Waals surface area contributed by atoms with Gasteiger partial charge in [-0.25, -0.2) is 4.98 Å². The maximum absolute atomic E-state index is 6.16. The molecule has 2 rings (SSSR count). The lowest BCUT2D eigenvalue weighted by molar-refractivity contribution is 0.300. The van der Waals surface area contributed by atoms with Gasteiger partial charge in [-0.15, -0.1) is 0 Å². The number of hydrogen-bond donors (Lipinski definition) is 2. The van der Waals surface area contributed by atoms with Crippen LogP contribution in [-0.4, -0.2) is 23.1 Å². The zero-order valence-corrected chi connectivity index (χ0v) is 13.2. The highest BCUT2D eigenvalue weighted by atomic mass is 35.5. The van der Waals surface area contributed by atoms with Gasteiger partial charge in [0.1, 0.15) is 10.8 Å². The molecule has 1 aromatic rings. The minimum absolute atomic E-state index is 0.594. The van der Waals surface area contributed by atoms with E-state index < -0.39 is 0 Å². The predicted molar refractivity (Wildman–Crippen MR) is 85.4 cm³/mol. The third-order valence-electron chi connectivity index (χ3n) is 3.97. The molecule has 0 aliphatic heterocycles. The topological polar surface area (TPSA) is 49.8 Å². The Kier molecular flexibility index (Phi) is 5.89. The standard InChI is InChI=1S/C15H25ClN4/c1-3-8-17-15-19-10-13(16)14(20-15)18-9-12-6-4-11(2)5-7-12/h10-12H,3-9H2,1-2H3,(H2,17,18,19,20). The number of anilines is 2. The van der Waals surface area contributed by atoms with Gasteiger partial charge in [0.05, 0.1) is 6.20 Å². The molecule has 0 bridgehead atoms. The Morgan fingerprint density at radius 2 is 2.00 bits per heavy atom. The minimum atomic E-state index is 0.594. The smallest absolute Gasteiger partial charge is 0.224 e. The van der Waals surface area contributed by atoms with Crippen molar-refractivity contribution in [2.24, 2.45) is 11.8 Å². The van der Waals surface area contributed by atoms with E-state index in [0.717, 1.165) is 37.2 Å².